The van der Waals surface area contributed by atoms with E-state index in [1.807, 2.05) is 0 Å². The number of aromatic amines is 1. The highest BCUT2D eigenvalue weighted by Gasteiger charge is 2.24. The Morgan fingerprint density at radius 1 is 1.30 bits per heavy atom. The maximum Gasteiger partial charge on any atom is 0.326 e. The molecule has 0 radical (unpaired) electrons. The van der Waals surface area contributed by atoms with Crippen molar-refractivity contribution in [2.45, 2.75) is 19.9 Å². The monoisotopic (exact) mass is 278 g/mol. The van der Waals surface area contributed by atoms with Crippen LogP contribution in [0.2, 0.25) is 0 Å². The van der Waals surface area contributed by atoms with Crippen molar-refractivity contribution in [1.82, 2.24) is 10.3 Å². The molecule has 0 saturated carbocycles. The Morgan fingerprint density at radius 3 is 2.60 bits per heavy atom. The second kappa shape index (κ2) is 5.32. The first-order chi connectivity index (χ1) is 9.38. The maximum absolute atomic E-state index is 13.1. The topological polar surface area (TPSA) is 82.2 Å². The van der Waals surface area contributed by atoms with Crippen LogP contribution in [0.1, 0.15) is 24.3 Å². The van der Waals surface area contributed by atoms with Crippen LogP contribution in [0.25, 0.3) is 10.9 Å². The van der Waals surface area contributed by atoms with Gasteiger partial charge >= 0.3 is 5.97 Å². The molecule has 5 nitrogen and oxygen atoms in total. The molecule has 106 valence electrons. The average molecular weight is 278 g/mol. The van der Waals surface area contributed by atoms with Gasteiger partial charge in [0.1, 0.15) is 17.6 Å². The molecule has 1 atom stereocenters. The van der Waals surface area contributed by atoms with E-state index in [4.69, 9.17) is 5.11 Å². The minimum atomic E-state index is -1.09. The van der Waals surface area contributed by atoms with Gasteiger partial charge in [0.15, 0.2) is 0 Å². The summed E-state index contributed by atoms with van der Waals surface area (Å²) in [6, 6.07) is 4.64. The molecule has 0 aliphatic rings. The number of benzene rings is 1. The van der Waals surface area contributed by atoms with Gasteiger partial charge in [-0.25, -0.2) is 9.18 Å². The zero-order valence-corrected chi connectivity index (χ0v) is 11.1. The number of carbonyl (C=O) groups excluding carboxylic acids is 1. The average Bonchev–Trinajstić information content (AvgIpc) is 2.77. The van der Waals surface area contributed by atoms with Gasteiger partial charge in [0.25, 0.3) is 5.91 Å². The number of nitrogens with one attached hydrogen (secondary N) is 2. The van der Waals surface area contributed by atoms with E-state index in [2.05, 4.69) is 10.3 Å². The Hall–Kier alpha value is -2.37. The van der Waals surface area contributed by atoms with Crippen molar-refractivity contribution in [2.24, 2.45) is 5.92 Å². The van der Waals surface area contributed by atoms with Crippen molar-refractivity contribution in [2.75, 3.05) is 0 Å². The minimum Gasteiger partial charge on any atom is -0.480 e. The van der Waals surface area contributed by atoms with Gasteiger partial charge in [0.2, 0.25) is 0 Å². The normalized spacial score (nSPS) is 12.6. The van der Waals surface area contributed by atoms with Crippen molar-refractivity contribution in [3.63, 3.8) is 0 Å². The molecular weight excluding hydrogens is 263 g/mol. The number of hydrogen-bond acceptors (Lipinski definition) is 2. The quantitative estimate of drug-likeness (QED) is 0.801. The molecule has 1 heterocycles. The lowest BCUT2D eigenvalue weighted by Crippen LogP contribution is -2.44. The van der Waals surface area contributed by atoms with Crippen molar-refractivity contribution in [3.05, 3.63) is 35.8 Å². The van der Waals surface area contributed by atoms with Crippen LogP contribution in [-0.4, -0.2) is 28.0 Å². The van der Waals surface area contributed by atoms with Gasteiger partial charge in [0.05, 0.1) is 0 Å². The Balaban J connectivity index is 2.25. The summed E-state index contributed by atoms with van der Waals surface area (Å²) >= 11 is 0. The molecule has 1 aromatic heterocycles. The van der Waals surface area contributed by atoms with Crippen LogP contribution in [0.5, 0.6) is 0 Å². The first-order valence-corrected chi connectivity index (χ1v) is 6.20. The van der Waals surface area contributed by atoms with Crippen LogP contribution < -0.4 is 5.32 Å². The van der Waals surface area contributed by atoms with E-state index in [1.165, 1.54) is 24.3 Å². The lowest BCUT2D eigenvalue weighted by atomic mass is 10.0. The number of carbonyl (C=O) groups is 2. The zero-order chi connectivity index (χ0) is 14.9. The Bertz CT molecular complexity index is 663. The van der Waals surface area contributed by atoms with Gasteiger partial charge in [0, 0.05) is 10.9 Å². The molecule has 0 bridgehead atoms. The Labute approximate surface area is 114 Å². The highest BCUT2D eigenvalue weighted by Crippen LogP contribution is 2.17. The molecule has 0 spiro atoms. The van der Waals surface area contributed by atoms with Crippen LogP contribution in [-0.2, 0) is 4.79 Å². The smallest absolute Gasteiger partial charge is 0.326 e. The molecule has 0 fully saturated rings. The third kappa shape index (κ3) is 2.79. The first-order valence-electron chi connectivity index (χ1n) is 6.20. The number of hydrogen-bond donors (Lipinski definition) is 3. The number of amides is 1. The standard InChI is InChI=1S/C14H15FN2O3/c1-7(2)12(14(19)20)17-13(18)11-6-8-5-9(15)3-4-10(8)16-11/h3-7,12,16H,1-2H3,(H,17,18)(H,19,20). The molecule has 1 unspecified atom stereocenters. The Kier molecular flexibility index (Phi) is 3.74. The second-order valence-electron chi connectivity index (χ2n) is 4.95. The van der Waals surface area contributed by atoms with Crippen molar-refractivity contribution in [3.8, 4) is 0 Å². The second-order valence-corrected chi connectivity index (χ2v) is 4.95. The molecular formula is C14H15FN2O3. The summed E-state index contributed by atoms with van der Waals surface area (Å²) in [6.45, 7) is 3.42. The third-order valence-electron chi connectivity index (χ3n) is 3.05. The van der Waals surface area contributed by atoms with Crippen LogP contribution in [0.4, 0.5) is 4.39 Å². The molecule has 20 heavy (non-hydrogen) atoms. The van der Waals surface area contributed by atoms with E-state index >= 15 is 0 Å². The van der Waals surface area contributed by atoms with Gasteiger partial charge in [-0.15, -0.1) is 0 Å². The predicted molar refractivity (Wildman–Crippen MR) is 72.0 cm³/mol. The summed E-state index contributed by atoms with van der Waals surface area (Å²) in [6.07, 6.45) is 0. The molecule has 1 aromatic carbocycles. The molecule has 2 aromatic rings. The van der Waals surface area contributed by atoms with Gasteiger partial charge in [-0.05, 0) is 30.2 Å². The van der Waals surface area contributed by atoms with Gasteiger partial charge in [-0.1, -0.05) is 13.8 Å². The number of halogens is 1. The number of rotatable bonds is 4. The molecule has 0 aliphatic carbocycles. The van der Waals surface area contributed by atoms with Crippen molar-refractivity contribution < 1.29 is 19.1 Å². The lowest BCUT2D eigenvalue weighted by molar-refractivity contribution is -0.140. The Morgan fingerprint density at radius 2 is 2.00 bits per heavy atom. The fourth-order valence-electron chi connectivity index (χ4n) is 1.96. The highest BCUT2D eigenvalue weighted by molar-refractivity contribution is 5.99. The number of carboxylic acid groups (broad SMARTS) is 1. The molecule has 1 amide bonds. The number of H-pyrrole nitrogens is 1. The minimum absolute atomic E-state index is 0.206. The van der Waals surface area contributed by atoms with Crippen molar-refractivity contribution >= 4 is 22.8 Å². The van der Waals surface area contributed by atoms with E-state index in [0.29, 0.717) is 10.9 Å². The van der Waals surface area contributed by atoms with Crippen LogP contribution in [0.3, 0.4) is 0 Å². The van der Waals surface area contributed by atoms with E-state index in [9.17, 15) is 14.0 Å². The summed E-state index contributed by atoms with van der Waals surface area (Å²) in [5, 5.41) is 12.0. The summed E-state index contributed by atoms with van der Waals surface area (Å²) in [7, 11) is 0. The van der Waals surface area contributed by atoms with Crippen molar-refractivity contribution in [1.29, 1.82) is 0 Å². The summed E-state index contributed by atoms with van der Waals surface area (Å²) in [4.78, 5) is 25.9. The maximum atomic E-state index is 13.1. The fraction of sp³-hybridized carbons (Fsp3) is 0.286. The third-order valence-corrected chi connectivity index (χ3v) is 3.05. The fourth-order valence-corrected chi connectivity index (χ4v) is 1.96. The number of carboxylic acids is 1. The SMILES string of the molecule is CC(C)C(NC(=O)c1cc2cc(F)ccc2[nH]1)C(=O)O. The van der Waals surface area contributed by atoms with Crippen LogP contribution >= 0.6 is 0 Å². The predicted octanol–water partition coefficient (Wildman–Crippen LogP) is 2.15. The van der Waals surface area contributed by atoms with E-state index in [0.717, 1.165) is 0 Å². The van der Waals surface area contributed by atoms with E-state index in [1.54, 1.807) is 13.8 Å². The molecule has 6 heteroatoms. The highest BCUT2D eigenvalue weighted by atomic mass is 19.1. The van der Waals surface area contributed by atoms with Gasteiger partial charge < -0.3 is 15.4 Å². The number of aromatic nitrogens is 1. The zero-order valence-electron chi connectivity index (χ0n) is 11.1. The van der Waals surface area contributed by atoms with Gasteiger partial charge in [-0.2, -0.15) is 0 Å². The molecule has 0 saturated heterocycles. The summed E-state index contributed by atoms with van der Waals surface area (Å²) in [5.41, 5.74) is 0.825. The number of aliphatic carboxylic acids is 1. The summed E-state index contributed by atoms with van der Waals surface area (Å²) < 4.78 is 13.1. The van der Waals surface area contributed by atoms with Crippen LogP contribution in [0.15, 0.2) is 24.3 Å². The first kappa shape index (κ1) is 14.0. The molecule has 2 rings (SSSR count). The van der Waals surface area contributed by atoms with Crippen LogP contribution in [0, 0.1) is 11.7 Å². The number of fused-ring (bicyclic) bond motifs is 1. The van der Waals surface area contributed by atoms with Gasteiger partial charge in [-0.3, -0.25) is 4.79 Å². The largest absolute Gasteiger partial charge is 0.480 e. The van der Waals surface area contributed by atoms with E-state index < -0.39 is 23.7 Å². The lowest BCUT2D eigenvalue weighted by Gasteiger charge is -2.17. The molecule has 3 N–H and O–H groups in total. The molecule has 0 aliphatic heterocycles. The summed E-state index contributed by atoms with van der Waals surface area (Å²) in [5.74, 6) is -2.24. The van der Waals surface area contributed by atoms with E-state index in [-0.39, 0.29) is 11.6 Å².